The van der Waals surface area contributed by atoms with E-state index < -0.39 is 0 Å². The normalized spacial score (nSPS) is 14.1. The van der Waals surface area contributed by atoms with Gasteiger partial charge in [0.2, 0.25) is 0 Å². The van der Waals surface area contributed by atoms with Gasteiger partial charge in [-0.1, -0.05) is 13.8 Å². The van der Waals surface area contributed by atoms with Crippen LogP contribution in [0.4, 0.5) is 0 Å². The lowest BCUT2D eigenvalue weighted by molar-refractivity contribution is 0.427. The SMILES string of the molecule is CCC(C)c1cnc(CCNC(C)(C)C)[nH]1. The molecule has 92 valence electrons. The number of rotatable bonds is 5. The van der Waals surface area contributed by atoms with E-state index in [1.54, 1.807) is 0 Å². The van der Waals surface area contributed by atoms with Crippen LogP contribution in [0.25, 0.3) is 0 Å². The standard InChI is InChI=1S/C13H25N3/c1-6-10(2)11-9-14-12(16-11)7-8-15-13(3,4)5/h9-10,15H,6-8H2,1-5H3,(H,14,16). The Kier molecular flexibility index (Phi) is 4.54. The van der Waals surface area contributed by atoms with Crippen LogP contribution in [0.2, 0.25) is 0 Å². The number of nitrogens with zero attached hydrogens (tertiary/aromatic N) is 1. The molecule has 1 heterocycles. The zero-order valence-electron chi connectivity index (χ0n) is 11.2. The van der Waals surface area contributed by atoms with Gasteiger partial charge in [0.15, 0.2) is 0 Å². The molecule has 0 spiro atoms. The number of aromatic nitrogens is 2. The first-order chi connectivity index (χ1) is 7.42. The van der Waals surface area contributed by atoms with E-state index in [4.69, 9.17) is 0 Å². The van der Waals surface area contributed by atoms with E-state index >= 15 is 0 Å². The second-order valence-electron chi connectivity index (χ2n) is 5.52. The van der Waals surface area contributed by atoms with Crippen molar-refractivity contribution in [3.63, 3.8) is 0 Å². The monoisotopic (exact) mass is 223 g/mol. The third kappa shape index (κ3) is 4.35. The molecular formula is C13H25N3. The fourth-order valence-corrected chi connectivity index (χ4v) is 1.53. The molecule has 0 aliphatic heterocycles. The van der Waals surface area contributed by atoms with Gasteiger partial charge in [0.25, 0.3) is 0 Å². The first-order valence-corrected chi connectivity index (χ1v) is 6.21. The lowest BCUT2D eigenvalue weighted by Gasteiger charge is -2.19. The molecular weight excluding hydrogens is 198 g/mol. The minimum absolute atomic E-state index is 0.187. The van der Waals surface area contributed by atoms with Crippen LogP contribution in [0.3, 0.4) is 0 Å². The zero-order valence-corrected chi connectivity index (χ0v) is 11.2. The van der Waals surface area contributed by atoms with Gasteiger partial charge in [-0.3, -0.25) is 0 Å². The van der Waals surface area contributed by atoms with E-state index in [1.807, 2.05) is 6.20 Å². The first-order valence-electron chi connectivity index (χ1n) is 6.21. The van der Waals surface area contributed by atoms with Crippen LogP contribution in [-0.4, -0.2) is 22.1 Å². The maximum absolute atomic E-state index is 4.41. The summed E-state index contributed by atoms with van der Waals surface area (Å²) >= 11 is 0. The molecule has 1 atom stereocenters. The van der Waals surface area contributed by atoms with Crippen LogP contribution in [0.1, 0.15) is 58.5 Å². The fourth-order valence-electron chi connectivity index (χ4n) is 1.53. The van der Waals surface area contributed by atoms with Gasteiger partial charge in [0, 0.05) is 30.4 Å². The highest BCUT2D eigenvalue weighted by atomic mass is 15.0. The minimum atomic E-state index is 0.187. The van der Waals surface area contributed by atoms with Gasteiger partial charge in [0.1, 0.15) is 5.82 Å². The van der Waals surface area contributed by atoms with E-state index in [0.717, 1.165) is 25.2 Å². The maximum Gasteiger partial charge on any atom is 0.107 e. The number of nitrogens with one attached hydrogen (secondary N) is 2. The summed E-state index contributed by atoms with van der Waals surface area (Å²) in [5, 5.41) is 3.46. The summed E-state index contributed by atoms with van der Waals surface area (Å²) in [6, 6.07) is 0. The number of hydrogen-bond donors (Lipinski definition) is 2. The summed E-state index contributed by atoms with van der Waals surface area (Å²) in [5.41, 5.74) is 1.44. The van der Waals surface area contributed by atoms with E-state index in [-0.39, 0.29) is 5.54 Å². The van der Waals surface area contributed by atoms with Crippen LogP contribution in [0.15, 0.2) is 6.20 Å². The Labute approximate surface area is 99.1 Å². The number of H-pyrrole nitrogens is 1. The van der Waals surface area contributed by atoms with Gasteiger partial charge in [-0.25, -0.2) is 4.98 Å². The molecule has 2 N–H and O–H groups in total. The van der Waals surface area contributed by atoms with E-state index in [1.165, 1.54) is 5.69 Å². The molecule has 0 aliphatic rings. The van der Waals surface area contributed by atoms with Gasteiger partial charge in [0.05, 0.1) is 0 Å². The quantitative estimate of drug-likeness (QED) is 0.806. The Bertz CT molecular complexity index is 309. The van der Waals surface area contributed by atoms with Gasteiger partial charge < -0.3 is 10.3 Å². The average Bonchev–Trinajstić information content (AvgIpc) is 2.63. The maximum atomic E-state index is 4.41. The zero-order chi connectivity index (χ0) is 12.2. The van der Waals surface area contributed by atoms with Gasteiger partial charge in [-0.15, -0.1) is 0 Å². The highest BCUT2D eigenvalue weighted by Crippen LogP contribution is 2.15. The predicted molar refractivity (Wildman–Crippen MR) is 68.8 cm³/mol. The lowest BCUT2D eigenvalue weighted by Crippen LogP contribution is -2.37. The Hall–Kier alpha value is -0.830. The van der Waals surface area contributed by atoms with Crippen molar-refractivity contribution >= 4 is 0 Å². The molecule has 1 rings (SSSR count). The first kappa shape index (κ1) is 13.2. The summed E-state index contributed by atoms with van der Waals surface area (Å²) in [7, 11) is 0. The van der Waals surface area contributed by atoms with Crippen molar-refractivity contribution in [1.82, 2.24) is 15.3 Å². The topological polar surface area (TPSA) is 40.7 Å². The molecule has 1 unspecified atom stereocenters. The van der Waals surface area contributed by atoms with Gasteiger partial charge in [-0.2, -0.15) is 0 Å². The van der Waals surface area contributed by atoms with Gasteiger partial charge in [-0.05, 0) is 33.1 Å². The second-order valence-corrected chi connectivity index (χ2v) is 5.52. The predicted octanol–water partition coefficient (Wildman–Crippen LogP) is 2.85. The summed E-state index contributed by atoms with van der Waals surface area (Å²) in [6.07, 6.45) is 4.09. The van der Waals surface area contributed by atoms with Crippen molar-refractivity contribution in [2.24, 2.45) is 0 Å². The summed E-state index contributed by atoms with van der Waals surface area (Å²) in [6.45, 7) is 11.9. The summed E-state index contributed by atoms with van der Waals surface area (Å²) < 4.78 is 0. The van der Waals surface area contributed by atoms with Crippen molar-refractivity contribution in [2.45, 2.75) is 58.9 Å². The third-order valence-electron chi connectivity index (χ3n) is 2.81. The highest BCUT2D eigenvalue weighted by Gasteiger charge is 2.10. The molecule has 0 fully saturated rings. The third-order valence-corrected chi connectivity index (χ3v) is 2.81. The fraction of sp³-hybridized carbons (Fsp3) is 0.769. The number of aromatic amines is 1. The molecule has 16 heavy (non-hydrogen) atoms. The number of imidazole rings is 1. The van der Waals surface area contributed by atoms with Crippen molar-refractivity contribution in [2.75, 3.05) is 6.54 Å². The summed E-state index contributed by atoms with van der Waals surface area (Å²) in [5.74, 6) is 1.67. The van der Waals surface area contributed by atoms with Gasteiger partial charge >= 0.3 is 0 Å². The van der Waals surface area contributed by atoms with Crippen LogP contribution in [-0.2, 0) is 6.42 Å². The van der Waals surface area contributed by atoms with Crippen molar-refractivity contribution in [3.8, 4) is 0 Å². The van der Waals surface area contributed by atoms with E-state index in [9.17, 15) is 0 Å². The minimum Gasteiger partial charge on any atom is -0.346 e. The molecule has 0 aromatic carbocycles. The van der Waals surface area contributed by atoms with Crippen LogP contribution >= 0.6 is 0 Å². The Balaban J connectivity index is 2.41. The van der Waals surface area contributed by atoms with E-state index in [2.05, 4.69) is 49.9 Å². The van der Waals surface area contributed by atoms with E-state index in [0.29, 0.717) is 5.92 Å². The smallest absolute Gasteiger partial charge is 0.107 e. The molecule has 3 nitrogen and oxygen atoms in total. The molecule has 0 bridgehead atoms. The Morgan fingerprint density at radius 1 is 1.44 bits per heavy atom. The molecule has 1 aromatic heterocycles. The van der Waals surface area contributed by atoms with Crippen LogP contribution < -0.4 is 5.32 Å². The average molecular weight is 223 g/mol. The van der Waals surface area contributed by atoms with Crippen LogP contribution in [0, 0.1) is 0 Å². The molecule has 0 amide bonds. The molecule has 0 saturated heterocycles. The molecule has 0 aliphatic carbocycles. The lowest BCUT2D eigenvalue weighted by atomic mass is 10.1. The second kappa shape index (κ2) is 5.48. The highest BCUT2D eigenvalue weighted by molar-refractivity contribution is 5.06. The van der Waals surface area contributed by atoms with Crippen molar-refractivity contribution in [3.05, 3.63) is 17.7 Å². The molecule has 3 heteroatoms. The number of hydrogen-bond acceptors (Lipinski definition) is 2. The van der Waals surface area contributed by atoms with Crippen molar-refractivity contribution < 1.29 is 0 Å². The van der Waals surface area contributed by atoms with Crippen LogP contribution in [0.5, 0.6) is 0 Å². The molecule has 0 radical (unpaired) electrons. The van der Waals surface area contributed by atoms with Crippen molar-refractivity contribution in [1.29, 1.82) is 0 Å². The summed E-state index contributed by atoms with van der Waals surface area (Å²) in [4.78, 5) is 7.81. The molecule has 0 saturated carbocycles. The molecule has 1 aromatic rings. The Morgan fingerprint density at radius 3 is 2.69 bits per heavy atom. The Morgan fingerprint density at radius 2 is 2.12 bits per heavy atom. The largest absolute Gasteiger partial charge is 0.346 e.